The minimum atomic E-state index is 0. The summed E-state index contributed by atoms with van der Waals surface area (Å²) >= 11 is 0. The molecule has 176 valence electrons. The van der Waals surface area contributed by atoms with Gasteiger partial charge in [-0.1, -0.05) is 35.3 Å². The standard InChI is InChI=1S/C16H24.C16H22.H/c2*1-4-12(3)16-9-13-6-14(10-16)8-15(5-2,7-13)11-16;/h4-5,13-14H,2,6-11H2,1,3H3;2,4,13-14H,6-11H2,1,3H3;/q;;-1/b2*12-4-;. The average molecular weight is 432 g/mol. The molecule has 0 spiro atoms. The fourth-order valence-corrected chi connectivity index (χ4v) is 10.5. The van der Waals surface area contributed by atoms with Crippen molar-refractivity contribution in [3.63, 3.8) is 0 Å². The van der Waals surface area contributed by atoms with Gasteiger partial charge in [-0.25, -0.2) is 0 Å². The van der Waals surface area contributed by atoms with Crippen molar-refractivity contribution < 1.29 is 1.43 Å². The van der Waals surface area contributed by atoms with Crippen LogP contribution >= 0.6 is 0 Å². The third-order valence-corrected chi connectivity index (χ3v) is 11.4. The Morgan fingerprint density at radius 2 is 1.22 bits per heavy atom. The molecule has 4 atom stereocenters. The fraction of sp³-hybridized carbons (Fsp3) is 0.750. The Balaban J connectivity index is 0.000000152. The van der Waals surface area contributed by atoms with Gasteiger partial charge in [-0.05, 0) is 145 Å². The van der Waals surface area contributed by atoms with Crippen LogP contribution in [-0.2, 0) is 0 Å². The zero-order valence-electron chi connectivity index (χ0n) is 22.3. The lowest BCUT2D eigenvalue weighted by molar-refractivity contribution is -0.0679. The topological polar surface area (TPSA) is 0 Å². The van der Waals surface area contributed by atoms with Crippen molar-refractivity contribution in [1.29, 1.82) is 0 Å². The zero-order chi connectivity index (χ0) is 22.8. The van der Waals surface area contributed by atoms with Gasteiger partial charge in [0.05, 0.1) is 0 Å². The van der Waals surface area contributed by atoms with Gasteiger partial charge in [-0.2, -0.15) is 0 Å². The molecule has 0 nitrogen and oxygen atoms in total. The van der Waals surface area contributed by atoms with E-state index in [9.17, 15) is 0 Å². The Morgan fingerprint density at radius 3 is 1.62 bits per heavy atom. The van der Waals surface area contributed by atoms with Gasteiger partial charge in [-0.15, -0.1) is 13.0 Å². The predicted molar refractivity (Wildman–Crippen MR) is 138 cm³/mol. The first-order valence-electron chi connectivity index (χ1n) is 13.6. The number of rotatable bonds is 3. The van der Waals surface area contributed by atoms with Gasteiger partial charge >= 0.3 is 0 Å². The summed E-state index contributed by atoms with van der Waals surface area (Å²) in [6, 6.07) is 0. The molecule has 0 radical (unpaired) electrons. The molecule has 8 rings (SSSR count). The molecule has 0 heteroatoms. The summed E-state index contributed by atoms with van der Waals surface area (Å²) in [5, 5.41) is 0. The molecule has 4 unspecified atom stereocenters. The van der Waals surface area contributed by atoms with E-state index in [1.807, 2.05) is 0 Å². The second kappa shape index (κ2) is 7.65. The highest BCUT2D eigenvalue weighted by atomic mass is 14.6. The predicted octanol–water partition coefficient (Wildman–Crippen LogP) is 9.01. The molecule has 8 aliphatic carbocycles. The minimum absolute atomic E-state index is 0. The quantitative estimate of drug-likeness (QED) is 0.309. The van der Waals surface area contributed by atoms with E-state index in [0.29, 0.717) is 16.2 Å². The minimum Gasteiger partial charge on any atom is -1.00 e. The van der Waals surface area contributed by atoms with Crippen molar-refractivity contribution in [2.45, 2.75) is 105 Å². The molecular formula is C32H47-. The van der Waals surface area contributed by atoms with E-state index in [4.69, 9.17) is 6.42 Å². The van der Waals surface area contributed by atoms with E-state index in [1.165, 1.54) is 77.0 Å². The highest BCUT2D eigenvalue weighted by Gasteiger charge is 2.58. The van der Waals surface area contributed by atoms with Crippen LogP contribution in [0.1, 0.15) is 106 Å². The van der Waals surface area contributed by atoms with E-state index in [-0.39, 0.29) is 6.84 Å². The van der Waals surface area contributed by atoms with Crippen molar-refractivity contribution >= 4 is 0 Å². The van der Waals surface area contributed by atoms with Gasteiger partial charge in [0.1, 0.15) is 0 Å². The van der Waals surface area contributed by atoms with Gasteiger partial charge in [0.15, 0.2) is 0 Å². The molecule has 0 aromatic rings. The van der Waals surface area contributed by atoms with Gasteiger partial charge in [0.2, 0.25) is 0 Å². The van der Waals surface area contributed by atoms with Gasteiger partial charge in [0, 0.05) is 5.41 Å². The number of allylic oxidation sites excluding steroid dienone is 5. The number of hydrogen-bond donors (Lipinski definition) is 0. The van der Waals surface area contributed by atoms with E-state index in [1.54, 1.807) is 11.1 Å². The lowest BCUT2D eigenvalue weighted by Gasteiger charge is -2.62. The molecular weight excluding hydrogens is 384 g/mol. The summed E-state index contributed by atoms with van der Waals surface area (Å²) in [4.78, 5) is 0. The summed E-state index contributed by atoms with van der Waals surface area (Å²) in [5.41, 5.74) is 5.11. The van der Waals surface area contributed by atoms with E-state index in [0.717, 1.165) is 23.7 Å². The Hall–Kier alpha value is -1.22. The summed E-state index contributed by atoms with van der Waals surface area (Å²) in [6.45, 7) is 13.3. The summed E-state index contributed by atoms with van der Waals surface area (Å²) in [6.07, 6.45) is 29.8. The lowest BCUT2D eigenvalue weighted by atomic mass is 9.43. The SMILES string of the molecule is C#CC12CC3CC(C1)CC(/C(C)=C\C)(C3)C2.C=CC12CC3CC(C1)CC(/C(C)=C\C)(C3)C2.[H-]. The summed E-state index contributed by atoms with van der Waals surface area (Å²) in [5.74, 6) is 7.02. The molecule has 8 saturated carbocycles. The van der Waals surface area contributed by atoms with E-state index >= 15 is 0 Å². The molecule has 0 N–H and O–H groups in total. The fourth-order valence-electron chi connectivity index (χ4n) is 10.5. The third kappa shape index (κ3) is 3.40. The first-order valence-corrected chi connectivity index (χ1v) is 13.6. The monoisotopic (exact) mass is 431 g/mol. The maximum atomic E-state index is 5.86. The Bertz CT molecular complexity index is 851. The average Bonchev–Trinajstić information content (AvgIpc) is 2.76. The number of terminal acetylenes is 1. The van der Waals surface area contributed by atoms with E-state index < -0.39 is 0 Å². The molecule has 8 aliphatic rings. The summed E-state index contributed by atoms with van der Waals surface area (Å²) in [7, 11) is 0. The molecule has 8 fully saturated rings. The van der Waals surface area contributed by atoms with Crippen LogP contribution in [0.25, 0.3) is 0 Å². The first-order chi connectivity index (χ1) is 15.2. The molecule has 32 heavy (non-hydrogen) atoms. The largest absolute Gasteiger partial charge is 1.00 e. The Labute approximate surface area is 199 Å². The van der Waals surface area contributed by atoms with Gasteiger partial charge < -0.3 is 1.43 Å². The molecule has 0 aromatic heterocycles. The maximum absolute atomic E-state index is 5.86. The lowest BCUT2D eigenvalue weighted by Crippen LogP contribution is -2.51. The normalized spacial score (nSPS) is 50.6. The Kier molecular flexibility index (Phi) is 5.40. The van der Waals surface area contributed by atoms with Crippen LogP contribution in [0.5, 0.6) is 0 Å². The Morgan fingerprint density at radius 1 is 0.781 bits per heavy atom. The maximum Gasteiger partial charge on any atom is 0.0325 e. The second-order valence-electron chi connectivity index (χ2n) is 13.4. The van der Waals surface area contributed by atoms with Crippen LogP contribution in [0.3, 0.4) is 0 Å². The molecule has 0 aromatic carbocycles. The van der Waals surface area contributed by atoms with E-state index in [2.05, 4.69) is 58.4 Å². The highest BCUT2D eigenvalue weighted by molar-refractivity contribution is 5.26. The van der Waals surface area contributed by atoms with Crippen LogP contribution in [0.2, 0.25) is 0 Å². The van der Waals surface area contributed by atoms with Crippen LogP contribution in [-0.4, -0.2) is 0 Å². The van der Waals surface area contributed by atoms with Crippen LogP contribution in [0.4, 0.5) is 0 Å². The van der Waals surface area contributed by atoms with Crippen molar-refractivity contribution in [2.24, 2.45) is 45.3 Å². The van der Waals surface area contributed by atoms with Crippen molar-refractivity contribution in [2.75, 3.05) is 0 Å². The molecule has 0 heterocycles. The first kappa shape index (κ1) is 22.6. The smallest absolute Gasteiger partial charge is 0.0325 e. The number of hydrogen-bond acceptors (Lipinski definition) is 0. The van der Waals surface area contributed by atoms with Crippen molar-refractivity contribution in [1.82, 2.24) is 0 Å². The molecule has 0 amide bonds. The zero-order valence-corrected chi connectivity index (χ0v) is 21.3. The second-order valence-corrected chi connectivity index (χ2v) is 13.4. The molecule has 0 aliphatic heterocycles. The molecule has 8 bridgehead atoms. The van der Waals surface area contributed by atoms with Crippen molar-refractivity contribution in [3.8, 4) is 12.3 Å². The van der Waals surface area contributed by atoms with Crippen LogP contribution in [0.15, 0.2) is 36.0 Å². The highest BCUT2D eigenvalue weighted by Crippen LogP contribution is 2.68. The van der Waals surface area contributed by atoms with Gasteiger partial charge in [-0.3, -0.25) is 0 Å². The van der Waals surface area contributed by atoms with Gasteiger partial charge in [0.25, 0.3) is 0 Å². The molecule has 0 saturated heterocycles. The van der Waals surface area contributed by atoms with Crippen LogP contribution in [0, 0.1) is 57.7 Å². The third-order valence-electron chi connectivity index (χ3n) is 11.4. The summed E-state index contributed by atoms with van der Waals surface area (Å²) < 4.78 is 0. The van der Waals surface area contributed by atoms with Crippen molar-refractivity contribution in [3.05, 3.63) is 36.0 Å². The van der Waals surface area contributed by atoms with Crippen LogP contribution < -0.4 is 0 Å².